The molecule has 0 aliphatic rings. The molecule has 3 aromatic rings. The number of nitrogens with two attached hydrogens (primary N) is 1. The lowest BCUT2D eigenvalue weighted by molar-refractivity contribution is 0.365. The van der Waals surface area contributed by atoms with Gasteiger partial charge in [0.1, 0.15) is 11.4 Å². The molecule has 0 heterocycles. The molecule has 6 nitrogen and oxygen atoms in total. The van der Waals surface area contributed by atoms with Crippen molar-refractivity contribution in [1.82, 2.24) is 0 Å². The van der Waals surface area contributed by atoms with Gasteiger partial charge in [-0.25, -0.2) is 0 Å². The van der Waals surface area contributed by atoms with E-state index in [0.29, 0.717) is 5.69 Å². The summed E-state index contributed by atoms with van der Waals surface area (Å²) in [6, 6.07) is 17.0. The van der Waals surface area contributed by atoms with Crippen LogP contribution in [-0.2, 0) is 0 Å². The predicted molar refractivity (Wildman–Crippen MR) is 92.7 cm³/mol. The molecule has 6 heteroatoms. The molecule has 7 N–H and O–H groups in total. The zero-order chi connectivity index (χ0) is 17.3. The molecule has 0 atom stereocenters. The van der Waals surface area contributed by atoms with Gasteiger partial charge in [-0.2, -0.15) is 0 Å². The Morgan fingerprint density at radius 2 is 1.21 bits per heavy atom. The van der Waals surface area contributed by atoms with Crippen molar-refractivity contribution in [3.8, 4) is 34.1 Å². The molecule has 0 unspecified atom stereocenters. The predicted octanol–water partition coefficient (Wildman–Crippen LogP) is 3.50. The summed E-state index contributed by atoms with van der Waals surface area (Å²) in [5.41, 5.74) is 7.51. The molecule has 3 rings (SSSR count). The number of nitrogens with one attached hydrogen (secondary N) is 1. The van der Waals surface area contributed by atoms with E-state index in [4.69, 9.17) is 5.73 Å². The molecule has 0 bridgehead atoms. The highest BCUT2D eigenvalue weighted by molar-refractivity contribution is 5.87. The van der Waals surface area contributed by atoms with E-state index in [0.717, 1.165) is 11.1 Å². The lowest BCUT2D eigenvalue weighted by atomic mass is 10.1. The molecule has 0 spiro atoms. The van der Waals surface area contributed by atoms with E-state index in [2.05, 4.69) is 5.32 Å². The normalized spacial score (nSPS) is 10.5. The number of anilines is 3. The average molecular weight is 324 g/mol. The number of benzene rings is 3. The Kier molecular flexibility index (Phi) is 3.79. The lowest BCUT2D eigenvalue weighted by Crippen LogP contribution is -1.96. The van der Waals surface area contributed by atoms with Crippen LogP contribution in [0.3, 0.4) is 0 Å². The second-order valence-electron chi connectivity index (χ2n) is 5.25. The van der Waals surface area contributed by atoms with E-state index >= 15 is 0 Å². The van der Waals surface area contributed by atoms with Gasteiger partial charge in [-0.05, 0) is 23.3 Å². The summed E-state index contributed by atoms with van der Waals surface area (Å²) in [6.45, 7) is 0. The van der Waals surface area contributed by atoms with Gasteiger partial charge < -0.3 is 31.5 Å². The highest BCUT2D eigenvalue weighted by Crippen LogP contribution is 2.52. The molecule has 0 saturated heterocycles. The summed E-state index contributed by atoms with van der Waals surface area (Å²) in [5.74, 6) is -2.80. The molecule has 0 amide bonds. The van der Waals surface area contributed by atoms with Crippen LogP contribution < -0.4 is 11.1 Å². The second-order valence-corrected chi connectivity index (χ2v) is 5.25. The van der Waals surface area contributed by atoms with Gasteiger partial charge in [0.2, 0.25) is 5.75 Å². The van der Waals surface area contributed by atoms with Crippen molar-refractivity contribution >= 4 is 17.1 Å². The Labute approximate surface area is 138 Å². The minimum atomic E-state index is -0.797. The van der Waals surface area contributed by atoms with Crippen LogP contribution in [0.1, 0.15) is 0 Å². The second kappa shape index (κ2) is 5.92. The van der Waals surface area contributed by atoms with Gasteiger partial charge in [0, 0.05) is 5.69 Å². The minimum absolute atomic E-state index is 0.185. The van der Waals surface area contributed by atoms with Crippen LogP contribution in [-0.4, -0.2) is 20.4 Å². The lowest BCUT2D eigenvalue weighted by Gasteiger charge is -2.15. The van der Waals surface area contributed by atoms with Gasteiger partial charge in [0.05, 0.1) is 0 Å². The van der Waals surface area contributed by atoms with Gasteiger partial charge in [0.25, 0.3) is 0 Å². The summed E-state index contributed by atoms with van der Waals surface area (Å²) in [7, 11) is 0. The van der Waals surface area contributed by atoms with Crippen molar-refractivity contribution in [3.63, 3.8) is 0 Å². The molecule has 3 aromatic carbocycles. The number of hydrogen-bond acceptors (Lipinski definition) is 6. The zero-order valence-electron chi connectivity index (χ0n) is 12.6. The fourth-order valence-electron chi connectivity index (χ4n) is 2.36. The minimum Gasteiger partial charge on any atom is -0.504 e. The van der Waals surface area contributed by atoms with Crippen LogP contribution in [0.2, 0.25) is 0 Å². The van der Waals surface area contributed by atoms with Crippen molar-refractivity contribution < 1.29 is 20.4 Å². The number of nitrogen functional groups attached to an aromatic ring is 1. The van der Waals surface area contributed by atoms with Crippen LogP contribution in [0.4, 0.5) is 17.1 Å². The first kappa shape index (κ1) is 15.4. The smallest absolute Gasteiger partial charge is 0.205 e. The van der Waals surface area contributed by atoms with E-state index < -0.39 is 28.7 Å². The van der Waals surface area contributed by atoms with Crippen molar-refractivity contribution in [3.05, 3.63) is 54.6 Å². The summed E-state index contributed by atoms with van der Waals surface area (Å²) in [4.78, 5) is 0. The standard InChI is InChI=1S/C18H16N2O4/c19-13-15(21)14(17(23)18(24)16(13)22)20-12-8-6-11(7-9-12)10-4-2-1-3-5-10/h1-9,20-24H,19H2. The molecule has 24 heavy (non-hydrogen) atoms. The Morgan fingerprint density at radius 1 is 0.625 bits per heavy atom. The number of phenols is 4. The van der Waals surface area contributed by atoms with E-state index in [1.54, 1.807) is 12.1 Å². The Hall–Kier alpha value is -3.54. The highest BCUT2D eigenvalue weighted by atomic mass is 16.3. The van der Waals surface area contributed by atoms with E-state index in [1.165, 1.54) is 0 Å². The maximum atomic E-state index is 9.96. The first-order valence-corrected chi connectivity index (χ1v) is 7.17. The van der Waals surface area contributed by atoms with Gasteiger partial charge >= 0.3 is 0 Å². The largest absolute Gasteiger partial charge is 0.504 e. The molecular formula is C18H16N2O4. The van der Waals surface area contributed by atoms with Crippen LogP contribution in [0.15, 0.2) is 54.6 Å². The molecule has 0 saturated carbocycles. The Balaban J connectivity index is 1.93. The fraction of sp³-hybridized carbons (Fsp3) is 0. The third-order valence-electron chi connectivity index (χ3n) is 3.69. The van der Waals surface area contributed by atoms with E-state index in [9.17, 15) is 20.4 Å². The Morgan fingerprint density at radius 3 is 1.83 bits per heavy atom. The molecule has 0 aliphatic heterocycles. The van der Waals surface area contributed by atoms with Crippen LogP contribution >= 0.6 is 0 Å². The zero-order valence-corrected chi connectivity index (χ0v) is 12.6. The number of rotatable bonds is 3. The van der Waals surface area contributed by atoms with E-state index in [-0.39, 0.29) is 5.69 Å². The fourth-order valence-corrected chi connectivity index (χ4v) is 2.36. The Bertz CT molecular complexity index is 849. The average Bonchev–Trinajstić information content (AvgIpc) is 2.63. The molecule has 0 aromatic heterocycles. The third-order valence-corrected chi connectivity index (χ3v) is 3.69. The first-order valence-electron chi connectivity index (χ1n) is 7.17. The number of phenolic OH excluding ortho intramolecular Hbond substituents is 4. The summed E-state index contributed by atoms with van der Waals surface area (Å²) >= 11 is 0. The molecule has 0 aliphatic carbocycles. The molecule has 122 valence electrons. The van der Waals surface area contributed by atoms with Crippen molar-refractivity contribution in [1.29, 1.82) is 0 Å². The summed E-state index contributed by atoms with van der Waals surface area (Å²) in [6.07, 6.45) is 0. The molecular weight excluding hydrogens is 308 g/mol. The molecule has 0 fully saturated rings. The van der Waals surface area contributed by atoms with Crippen molar-refractivity contribution in [2.45, 2.75) is 0 Å². The quantitative estimate of drug-likeness (QED) is 0.249. The molecule has 0 radical (unpaired) electrons. The van der Waals surface area contributed by atoms with Gasteiger partial charge in [-0.1, -0.05) is 42.5 Å². The third kappa shape index (κ3) is 2.61. The number of aromatic hydroxyl groups is 4. The maximum Gasteiger partial charge on any atom is 0.205 e. The van der Waals surface area contributed by atoms with Gasteiger partial charge in [0.15, 0.2) is 17.2 Å². The van der Waals surface area contributed by atoms with Crippen LogP contribution in [0, 0.1) is 0 Å². The van der Waals surface area contributed by atoms with Crippen molar-refractivity contribution in [2.24, 2.45) is 0 Å². The topological polar surface area (TPSA) is 119 Å². The monoisotopic (exact) mass is 324 g/mol. The first-order chi connectivity index (χ1) is 11.5. The summed E-state index contributed by atoms with van der Waals surface area (Å²) < 4.78 is 0. The maximum absolute atomic E-state index is 9.96. The highest BCUT2D eigenvalue weighted by Gasteiger charge is 2.21. The van der Waals surface area contributed by atoms with Gasteiger partial charge in [-0.15, -0.1) is 0 Å². The number of hydrogen-bond donors (Lipinski definition) is 6. The van der Waals surface area contributed by atoms with E-state index in [1.807, 2.05) is 42.5 Å². The van der Waals surface area contributed by atoms with Crippen molar-refractivity contribution in [2.75, 3.05) is 11.1 Å². The summed E-state index contributed by atoms with van der Waals surface area (Å²) in [5, 5.41) is 41.8. The van der Waals surface area contributed by atoms with Crippen LogP contribution in [0.5, 0.6) is 23.0 Å². The van der Waals surface area contributed by atoms with Gasteiger partial charge in [-0.3, -0.25) is 0 Å². The van der Waals surface area contributed by atoms with Crippen LogP contribution in [0.25, 0.3) is 11.1 Å². The SMILES string of the molecule is Nc1c(O)c(O)c(O)c(Nc2ccc(-c3ccccc3)cc2)c1O.